The molecule has 2 fully saturated rings. The summed E-state index contributed by atoms with van der Waals surface area (Å²) < 4.78 is 0.997. The Morgan fingerprint density at radius 1 is 1.20 bits per heavy atom. The second-order valence-corrected chi connectivity index (χ2v) is 7.69. The van der Waals surface area contributed by atoms with Crippen LogP contribution in [0.3, 0.4) is 0 Å². The lowest BCUT2D eigenvalue weighted by Crippen LogP contribution is -2.41. The number of imide groups is 1. The van der Waals surface area contributed by atoms with Gasteiger partial charge in [-0.3, -0.25) is 24.2 Å². The lowest BCUT2D eigenvalue weighted by atomic mass is 9.81. The first kappa shape index (κ1) is 16.2. The van der Waals surface area contributed by atoms with Crippen LogP contribution in [0, 0.1) is 11.8 Å². The molecule has 1 aliphatic heterocycles. The molecule has 1 saturated heterocycles. The number of nitrogens with zero attached hydrogens (tertiary/aromatic N) is 3. The Balaban J connectivity index is 1.51. The Bertz CT molecular complexity index is 805. The molecule has 130 valence electrons. The van der Waals surface area contributed by atoms with Gasteiger partial charge in [0.25, 0.3) is 0 Å². The van der Waals surface area contributed by atoms with Crippen molar-refractivity contribution in [1.82, 2.24) is 9.88 Å². The third kappa shape index (κ3) is 2.72. The molecule has 2 aliphatic rings. The molecule has 1 aromatic carbocycles. The third-order valence-corrected chi connectivity index (χ3v) is 6.28. The zero-order valence-corrected chi connectivity index (χ0v) is 14.8. The minimum absolute atomic E-state index is 0.180. The van der Waals surface area contributed by atoms with Crippen LogP contribution >= 0.6 is 11.3 Å². The highest BCUT2D eigenvalue weighted by molar-refractivity contribution is 7.22. The summed E-state index contributed by atoms with van der Waals surface area (Å²) in [6.07, 6.45) is 3.47. The smallest absolute Gasteiger partial charge is 0.248 e. The summed E-state index contributed by atoms with van der Waals surface area (Å²) in [7, 11) is 1.64. The standard InChI is InChI=1S/C18H19N3O3S/c1-20(18-19-13-8-4-5-9-14(13)25-18)15(22)10-21-16(23)11-6-2-3-7-12(11)17(21)24/h4-5,8-9,11-12H,2-3,6-7,10H2,1H3. The van der Waals surface area contributed by atoms with Gasteiger partial charge in [-0.2, -0.15) is 0 Å². The van der Waals surface area contributed by atoms with Crippen LogP contribution in [0.15, 0.2) is 24.3 Å². The van der Waals surface area contributed by atoms with Gasteiger partial charge in [-0.25, -0.2) is 4.98 Å². The summed E-state index contributed by atoms with van der Waals surface area (Å²) in [6.45, 7) is -0.197. The van der Waals surface area contributed by atoms with E-state index in [1.807, 2.05) is 24.3 Å². The average Bonchev–Trinajstić information content (AvgIpc) is 3.17. The topological polar surface area (TPSA) is 70.6 Å². The third-order valence-electron chi connectivity index (χ3n) is 5.17. The number of likely N-dealkylation sites (N-methyl/N-ethyl adjacent to an activating group) is 1. The van der Waals surface area contributed by atoms with E-state index >= 15 is 0 Å². The Hall–Kier alpha value is -2.28. The number of rotatable bonds is 3. The van der Waals surface area contributed by atoms with Crippen molar-refractivity contribution in [3.63, 3.8) is 0 Å². The van der Waals surface area contributed by atoms with Gasteiger partial charge < -0.3 is 0 Å². The van der Waals surface area contributed by atoms with E-state index in [-0.39, 0.29) is 36.1 Å². The van der Waals surface area contributed by atoms with Crippen LogP contribution < -0.4 is 4.90 Å². The van der Waals surface area contributed by atoms with Gasteiger partial charge in [0.15, 0.2) is 5.13 Å². The second kappa shape index (κ2) is 6.22. The molecule has 1 aliphatic carbocycles. The van der Waals surface area contributed by atoms with Gasteiger partial charge in [0.05, 0.1) is 22.1 Å². The Morgan fingerprint density at radius 2 is 1.84 bits per heavy atom. The van der Waals surface area contributed by atoms with Crippen molar-refractivity contribution in [2.24, 2.45) is 11.8 Å². The highest BCUT2D eigenvalue weighted by atomic mass is 32.1. The highest BCUT2D eigenvalue weighted by Gasteiger charge is 2.48. The maximum absolute atomic E-state index is 12.6. The summed E-state index contributed by atoms with van der Waals surface area (Å²) in [5, 5.41) is 0.572. The number of likely N-dealkylation sites (tertiary alicyclic amines) is 1. The fourth-order valence-electron chi connectivity index (χ4n) is 3.74. The minimum atomic E-state index is -0.292. The molecule has 0 bridgehead atoms. The van der Waals surface area contributed by atoms with Crippen LogP contribution in [0.2, 0.25) is 0 Å². The molecule has 1 aromatic heterocycles. The largest absolute Gasteiger partial charge is 0.290 e. The van der Waals surface area contributed by atoms with Crippen LogP contribution in [-0.2, 0) is 14.4 Å². The van der Waals surface area contributed by atoms with E-state index in [4.69, 9.17) is 0 Å². The van der Waals surface area contributed by atoms with Gasteiger partial charge in [0.2, 0.25) is 17.7 Å². The zero-order valence-electron chi connectivity index (χ0n) is 14.0. The molecule has 25 heavy (non-hydrogen) atoms. The number of benzene rings is 1. The summed E-state index contributed by atoms with van der Waals surface area (Å²) >= 11 is 1.42. The normalized spacial score (nSPS) is 23.2. The minimum Gasteiger partial charge on any atom is -0.290 e. The lowest BCUT2D eigenvalue weighted by Gasteiger charge is -2.19. The lowest BCUT2D eigenvalue weighted by molar-refractivity contribution is -0.143. The number of aromatic nitrogens is 1. The van der Waals surface area contributed by atoms with Gasteiger partial charge >= 0.3 is 0 Å². The van der Waals surface area contributed by atoms with Gasteiger partial charge in [0, 0.05) is 7.05 Å². The van der Waals surface area contributed by atoms with Crippen LogP contribution in [0.25, 0.3) is 10.2 Å². The average molecular weight is 357 g/mol. The van der Waals surface area contributed by atoms with Gasteiger partial charge in [-0.05, 0) is 25.0 Å². The number of fused-ring (bicyclic) bond motifs is 2. The molecule has 0 N–H and O–H groups in total. The fourth-order valence-corrected chi connectivity index (χ4v) is 4.68. The zero-order chi connectivity index (χ0) is 17.6. The molecule has 6 nitrogen and oxygen atoms in total. The van der Waals surface area contributed by atoms with Crippen molar-refractivity contribution in [3.8, 4) is 0 Å². The van der Waals surface area contributed by atoms with Crippen molar-refractivity contribution in [2.45, 2.75) is 25.7 Å². The number of thiazole rings is 1. The van der Waals surface area contributed by atoms with Crippen LogP contribution in [0.4, 0.5) is 5.13 Å². The van der Waals surface area contributed by atoms with Crippen molar-refractivity contribution in [1.29, 1.82) is 0 Å². The maximum atomic E-state index is 12.6. The van der Waals surface area contributed by atoms with E-state index in [2.05, 4.69) is 4.98 Å². The first-order valence-electron chi connectivity index (χ1n) is 8.53. The molecule has 3 amide bonds. The summed E-state index contributed by atoms with van der Waals surface area (Å²) in [5.74, 6) is -1.09. The molecule has 0 radical (unpaired) electrons. The second-order valence-electron chi connectivity index (χ2n) is 6.68. The van der Waals surface area contributed by atoms with E-state index in [0.29, 0.717) is 5.13 Å². The number of carbonyl (C=O) groups excluding carboxylic acids is 3. The molecule has 2 aromatic rings. The highest BCUT2D eigenvalue weighted by Crippen LogP contribution is 2.38. The van der Waals surface area contributed by atoms with Crippen LogP contribution in [0.1, 0.15) is 25.7 Å². The van der Waals surface area contributed by atoms with E-state index in [1.54, 1.807) is 7.05 Å². The van der Waals surface area contributed by atoms with Gasteiger partial charge in [0.1, 0.15) is 6.54 Å². The van der Waals surface area contributed by atoms with Crippen LogP contribution in [-0.4, -0.2) is 41.2 Å². The van der Waals surface area contributed by atoms with E-state index in [1.165, 1.54) is 16.2 Å². The number of hydrogen-bond acceptors (Lipinski definition) is 5. The van der Waals surface area contributed by atoms with Crippen molar-refractivity contribution in [3.05, 3.63) is 24.3 Å². The quantitative estimate of drug-likeness (QED) is 0.791. The number of carbonyl (C=O) groups is 3. The van der Waals surface area contributed by atoms with Crippen molar-refractivity contribution in [2.75, 3.05) is 18.5 Å². The molecule has 0 spiro atoms. The number of amides is 3. The van der Waals surface area contributed by atoms with Crippen molar-refractivity contribution >= 4 is 44.4 Å². The van der Waals surface area contributed by atoms with Gasteiger partial charge in [-0.15, -0.1) is 0 Å². The fraction of sp³-hybridized carbons (Fsp3) is 0.444. The molecule has 1 saturated carbocycles. The number of hydrogen-bond donors (Lipinski definition) is 0. The Morgan fingerprint density at radius 3 is 2.48 bits per heavy atom. The van der Waals surface area contributed by atoms with E-state index in [0.717, 1.165) is 40.8 Å². The molecule has 7 heteroatoms. The maximum Gasteiger partial charge on any atom is 0.248 e. The summed E-state index contributed by atoms with van der Waals surface area (Å²) in [5.41, 5.74) is 0.835. The molecule has 2 heterocycles. The SMILES string of the molecule is CN(C(=O)CN1C(=O)C2CCCCC2C1=O)c1nc2ccccc2s1. The Labute approximate surface area is 149 Å². The number of para-hydroxylation sites is 1. The first-order valence-corrected chi connectivity index (χ1v) is 9.35. The molecular formula is C18H19N3O3S. The van der Waals surface area contributed by atoms with E-state index in [9.17, 15) is 14.4 Å². The summed E-state index contributed by atoms with van der Waals surface area (Å²) in [6, 6.07) is 7.67. The van der Waals surface area contributed by atoms with E-state index < -0.39 is 0 Å². The molecule has 2 unspecified atom stereocenters. The predicted molar refractivity (Wildman–Crippen MR) is 95.2 cm³/mol. The molecule has 4 rings (SSSR count). The van der Waals surface area contributed by atoms with Crippen molar-refractivity contribution < 1.29 is 14.4 Å². The monoisotopic (exact) mass is 357 g/mol. The first-order chi connectivity index (χ1) is 12.1. The Kier molecular flexibility index (Phi) is 4.03. The molecule has 2 atom stereocenters. The molecular weight excluding hydrogens is 338 g/mol. The summed E-state index contributed by atoms with van der Waals surface area (Å²) in [4.78, 5) is 44.7. The van der Waals surface area contributed by atoms with Gasteiger partial charge in [-0.1, -0.05) is 36.3 Å². The number of anilines is 1. The predicted octanol–water partition coefficient (Wildman–Crippen LogP) is 2.43. The van der Waals surface area contributed by atoms with Crippen LogP contribution in [0.5, 0.6) is 0 Å².